The highest BCUT2D eigenvalue weighted by atomic mass is 16.6. The van der Waals surface area contributed by atoms with Crippen molar-refractivity contribution in [3.05, 3.63) is 36.3 Å². The molecule has 1 aromatic rings. The Kier molecular flexibility index (Phi) is 8.39. The molecule has 1 N–H and O–H groups in total. The lowest BCUT2D eigenvalue weighted by molar-refractivity contribution is -0.152. The molecule has 0 spiro atoms. The first-order valence-electron chi connectivity index (χ1n) is 12.6. The lowest BCUT2D eigenvalue weighted by Crippen LogP contribution is -2.57. The van der Waals surface area contributed by atoms with Crippen LogP contribution in [0.15, 0.2) is 30.6 Å². The third-order valence-corrected chi connectivity index (χ3v) is 6.38. The van der Waals surface area contributed by atoms with E-state index in [1.165, 1.54) is 12.0 Å². The number of esters is 1. The topological polar surface area (TPSA) is 110 Å². The summed E-state index contributed by atoms with van der Waals surface area (Å²) in [5, 5.41) is 2.71. The molecule has 0 aliphatic carbocycles. The predicted molar refractivity (Wildman–Crippen MR) is 138 cm³/mol. The van der Waals surface area contributed by atoms with Crippen LogP contribution < -0.4 is 10.1 Å². The SMILES string of the molecule is COC(=O)[C@@H]1C[C@@H](Oc2ccnc(C3CC=CN3C)c2)CN1C(=O)[C@@H](NC(=O)OC(C)(C)C)C(C)(C)C. The fourth-order valence-electron chi connectivity index (χ4n) is 4.56. The van der Waals surface area contributed by atoms with Gasteiger partial charge in [-0.25, -0.2) is 9.59 Å². The third kappa shape index (κ3) is 7.14. The molecule has 1 unspecified atom stereocenters. The largest absolute Gasteiger partial charge is 0.488 e. The quantitative estimate of drug-likeness (QED) is 0.573. The van der Waals surface area contributed by atoms with E-state index in [1.807, 2.05) is 40.1 Å². The van der Waals surface area contributed by atoms with E-state index < -0.39 is 47.2 Å². The van der Waals surface area contributed by atoms with E-state index in [9.17, 15) is 14.4 Å². The maximum atomic E-state index is 13.8. The van der Waals surface area contributed by atoms with Crippen molar-refractivity contribution in [1.29, 1.82) is 0 Å². The maximum Gasteiger partial charge on any atom is 0.408 e. The normalized spacial score (nSPS) is 22.5. The van der Waals surface area contributed by atoms with E-state index >= 15 is 0 Å². The van der Waals surface area contributed by atoms with Crippen molar-refractivity contribution >= 4 is 18.0 Å². The van der Waals surface area contributed by atoms with Gasteiger partial charge in [0.25, 0.3) is 0 Å². The smallest absolute Gasteiger partial charge is 0.408 e. The zero-order chi connectivity index (χ0) is 27.5. The van der Waals surface area contributed by atoms with Gasteiger partial charge in [0.2, 0.25) is 5.91 Å². The molecule has 2 aliphatic rings. The number of ether oxygens (including phenoxy) is 3. The van der Waals surface area contributed by atoms with Crippen molar-refractivity contribution < 1.29 is 28.6 Å². The lowest BCUT2D eigenvalue weighted by atomic mass is 9.85. The Hall–Kier alpha value is -3.30. The second kappa shape index (κ2) is 11.0. The highest BCUT2D eigenvalue weighted by molar-refractivity contribution is 5.91. The summed E-state index contributed by atoms with van der Waals surface area (Å²) in [6.07, 6.45) is 5.82. The summed E-state index contributed by atoms with van der Waals surface area (Å²) in [5.41, 5.74) is -0.479. The van der Waals surface area contributed by atoms with Crippen molar-refractivity contribution in [2.75, 3.05) is 20.7 Å². The number of carbonyl (C=O) groups excluding carboxylic acids is 3. The summed E-state index contributed by atoms with van der Waals surface area (Å²) in [4.78, 5) is 47.0. The number of nitrogens with one attached hydrogen (secondary N) is 1. The van der Waals surface area contributed by atoms with Crippen LogP contribution in [0.2, 0.25) is 0 Å². The summed E-state index contributed by atoms with van der Waals surface area (Å²) in [6.45, 7) is 11.0. The van der Waals surface area contributed by atoms with Crippen LogP contribution in [0.1, 0.15) is 66.1 Å². The Labute approximate surface area is 219 Å². The number of pyridine rings is 1. The molecule has 1 fully saturated rings. The molecule has 37 heavy (non-hydrogen) atoms. The minimum absolute atomic E-state index is 0.138. The Morgan fingerprint density at radius 3 is 2.43 bits per heavy atom. The van der Waals surface area contributed by atoms with Crippen LogP contribution in [0.25, 0.3) is 0 Å². The molecule has 0 aromatic carbocycles. The van der Waals surface area contributed by atoms with Crippen molar-refractivity contribution in [1.82, 2.24) is 20.1 Å². The van der Waals surface area contributed by atoms with Gasteiger partial charge in [0.15, 0.2) is 0 Å². The number of alkyl carbamates (subject to hydrolysis) is 1. The van der Waals surface area contributed by atoms with Gasteiger partial charge in [-0.3, -0.25) is 9.78 Å². The monoisotopic (exact) mass is 516 g/mol. The first-order valence-corrected chi connectivity index (χ1v) is 12.6. The van der Waals surface area contributed by atoms with Gasteiger partial charge in [-0.2, -0.15) is 0 Å². The summed E-state index contributed by atoms with van der Waals surface area (Å²) >= 11 is 0. The average molecular weight is 517 g/mol. The molecule has 10 nitrogen and oxygen atoms in total. The molecule has 4 atom stereocenters. The van der Waals surface area contributed by atoms with Gasteiger partial charge in [0.1, 0.15) is 29.5 Å². The van der Waals surface area contributed by atoms with Crippen LogP contribution in [-0.2, 0) is 19.1 Å². The fraction of sp³-hybridized carbons (Fsp3) is 0.630. The number of rotatable bonds is 6. The van der Waals surface area contributed by atoms with Crippen LogP contribution in [-0.4, -0.2) is 77.2 Å². The number of methoxy groups -OCH3 is 1. The van der Waals surface area contributed by atoms with Crippen LogP contribution in [0.4, 0.5) is 4.79 Å². The van der Waals surface area contributed by atoms with Crippen LogP contribution in [0, 0.1) is 5.41 Å². The number of hydrogen-bond acceptors (Lipinski definition) is 8. The number of nitrogens with zero attached hydrogens (tertiary/aromatic N) is 3. The first kappa shape index (κ1) is 28.3. The van der Waals surface area contributed by atoms with Crippen molar-refractivity contribution in [2.45, 2.75) is 84.2 Å². The second-order valence-electron chi connectivity index (χ2n) is 11.7. The van der Waals surface area contributed by atoms with E-state index in [-0.39, 0.29) is 19.0 Å². The van der Waals surface area contributed by atoms with Gasteiger partial charge >= 0.3 is 12.1 Å². The molecule has 0 bridgehead atoms. The van der Waals surface area contributed by atoms with Crippen molar-refractivity contribution in [3.8, 4) is 5.75 Å². The van der Waals surface area contributed by atoms with Gasteiger partial charge in [0, 0.05) is 25.7 Å². The standard InChI is InChI=1S/C27H40N4O6/c1-26(2,3)22(29-25(34)37-27(4,5)6)23(32)31-16-18(15-21(31)24(33)35-8)36-17-11-12-28-19(14-17)20-10-9-13-30(20)7/h9,11-14,18,20-22H,10,15-16H2,1-8H3,(H,29,34)/t18-,20?,21+,22-/m1/s1. The minimum atomic E-state index is -0.925. The van der Waals surface area contributed by atoms with Gasteiger partial charge < -0.3 is 29.3 Å². The Bertz CT molecular complexity index is 1030. The second-order valence-corrected chi connectivity index (χ2v) is 11.7. The molecular formula is C27H40N4O6. The van der Waals surface area contributed by atoms with Gasteiger partial charge in [-0.1, -0.05) is 26.8 Å². The number of aromatic nitrogens is 1. The van der Waals surface area contributed by atoms with E-state index in [0.717, 1.165) is 12.1 Å². The fourth-order valence-corrected chi connectivity index (χ4v) is 4.56. The van der Waals surface area contributed by atoms with Crippen molar-refractivity contribution in [3.63, 3.8) is 0 Å². The lowest BCUT2D eigenvalue weighted by Gasteiger charge is -2.35. The number of likely N-dealkylation sites (tertiary alicyclic amines) is 1. The van der Waals surface area contributed by atoms with E-state index in [2.05, 4.69) is 21.3 Å². The number of hydrogen-bond donors (Lipinski definition) is 1. The molecule has 3 heterocycles. The predicted octanol–water partition coefficient (Wildman–Crippen LogP) is 3.43. The van der Waals surface area contributed by atoms with Gasteiger partial charge in [0.05, 0.1) is 25.4 Å². The number of amides is 2. The van der Waals surface area contributed by atoms with Gasteiger partial charge in [-0.15, -0.1) is 0 Å². The van der Waals surface area contributed by atoms with Crippen LogP contribution >= 0.6 is 0 Å². The minimum Gasteiger partial charge on any atom is -0.488 e. The Morgan fingerprint density at radius 1 is 1.16 bits per heavy atom. The number of carbonyl (C=O) groups is 3. The van der Waals surface area contributed by atoms with E-state index in [0.29, 0.717) is 5.75 Å². The Morgan fingerprint density at radius 2 is 1.86 bits per heavy atom. The highest BCUT2D eigenvalue weighted by Gasteiger charge is 2.46. The maximum absolute atomic E-state index is 13.8. The van der Waals surface area contributed by atoms with Crippen LogP contribution in [0.3, 0.4) is 0 Å². The zero-order valence-corrected chi connectivity index (χ0v) is 23.1. The van der Waals surface area contributed by atoms with Crippen LogP contribution in [0.5, 0.6) is 5.75 Å². The first-order chi connectivity index (χ1) is 17.2. The molecule has 204 valence electrons. The van der Waals surface area contributed by atoms with Crippen molar-refractivity contribution in [2.24, 2.45) is 5.41 Å². The van der Waals surface area contributed by atoms with Gasteiger partial charge in [-0.05, 0) is 44.9 Å². The summed E-state index contributed by atoms with van der Waals surface area (Å²) in [5.74, 6) is -0.306. The zero-order valence-electron chi connectivity index (χ0n) is 23.1. The highest BCUT2D eigenvalue weighted by Crippen LogP contribution is 2.31. The summed E-state index contributed by atoms with van der Waals surface area (Å²) in [7, 11) is 3.29. The summed E-state index contributed by atoms with van der Waals surface area (Å²) in [6, 6.07) is 2.05. The van der Waals surface area contributed by atoms with E-state index in [4.69, 9.17) is 14.2 Å². The molecule has 10 heteroatoms. The third-order valence-electron chi connectivity index (χ3n) is 6.38. The summed E-state index contributed by atoms with van der Waals surface area (Å²) < 4.78 is 16.6. The average Bonchev–Trinajstić information content (AvgIpc) is 3.41. The molecule has 1 aromatic heterocycles. The molecule has 1 saturated heterocycles. The Balaban J connectivity index is 1.78. The molecule has 3 rings (SSSR count). The molecule has 0 saturated carbocycles. The van der Waals surface area contributed by atoms with E-state index in [1.54, 1.807) is 33.0 Å². The molecule has 2 aliphatic heterocycles. The molecule has 0 radical (unpaired) electrons. The molecule has 2 amide bonds. The molecular weight excluding hydrogens is 476 g/mol.